The van der Waals surface area contributed by atoms with Crippen LogP contribution in [0.2, 0.25) is 0 Å². The molecular formula is C16H18N2O3S. The van der Waals surface area contributed by atoms with Crippen LogP contribution in [0.5, 0.6) is 0 Å². The summed E-state index contributed by atoms with van der Waals surface area (Å²) in [6.45, 7) is 1.55. The molecule has 0 fully saturated rings. The summed E-state index contributed by atoms with van der Waals surface area (Å²) in [5.74, 6) is -0.379. The van der Waals surface area contributed by atoms with Gasteiger partial charge in [0.25, 0.3) is 0 Å². The van der Waals surface area contributed by atoms with Gasteiger partial charge in [-0.25, -0.2) is 13.1 Å². The Morgan fingerprint density at radius 1 is 1.00 bits per heavy atom. The summed E-state index contributed by atoms with van der Waals surface area (Å²) in [6.07, 6.45) is 0. The monoisotopic (exact) mass is 318 g/mol. The number of carbonyl (C=O) groups is 1. The van der Waals surface area contributed by atoms with Crippen LogP contribution in [0.15, 0.2) is 65.6 Å². The Hall–Kier alpha value is -2.18. The van der Waals surface area contributed by atoms with Crippen LogP contribution >= 0.6 is 0 Å². The molecule has 0 aliphatic carbocycles. The summed E-state index contributed by atoms with van der Waals surface area (Å²) < 4.78 is 26.3. The maximum atomic E-state index is 12.0. The Labute approximate surface area is 130 Å². The largest absolute Gasteiger partial charge is 0.348 e. The average Bonchev–Trinajstić information content (AvgIpc) is 2.55. The number of benzene rings is 2. The molecule has 0 bridgehead atoms. The Morgan fingerprint density at radius 3 is 2.14 bits per heavy atom. The third-order valence-electron chi connectivity index (χ3n) is 3.15. The van der Waals surface area contributed by atoms with Gasteiger partial charge in [0.1, 0.15) is 0 Å². The topological polar surface area (TPSA) is 75.3 Å². The average molecular weight is 318 g/mol. The Morgan fingerprint density at radius 2 is 1.55 bits per heavy atom. The van der Waals surface area contributed by atoms with Gasteiger partial charge in [-0.05, 0) is 24.6 Å². The lowest BCUT2D eigenvalue weighted by Crippen LogP contribution is -2.37. The first-order valence-corrected chi connectivity index (χ1v) is 8.36. The number of hydrogen-bond donors (Lipinski definition) is 2. The summed E-state index contributed by atoms with van der Waals surface area (Å²) in [4.78, 5) is 12.0. The van der Waals surface area contributed by atoms with E-state index in [1.807, 2.05) is 37.3 Å². The summed E-state index contributed by atoms with van der Waals surface area (Å²) in [5.41, 5.74) is 0.960. The molecule has 5 nitrogen and oxygen atoms in total. The molecule has 2 aromatic rings. The number of amides is 1. The van der Waals surface area contributed by atoms with Crippen LogP contribution in [0.4, 0.5) is 0 Å². The second kappa shape index (κ2) is 7.20. The van der Waals surface area contributed by atoms with Crippen LogP contribution in [-0.4, -0.2) is 20.9 Å². The van der Waals surface area contributed by atoms with Gasteiger partial charge in [-0.15, -0.1) is 0 Å². The van der Waals surface area contributed by atoms with Gasteiger partial charge in [0.2, 0.25) is 15.9 Å². The van der Waals surface area contributed by atoms with Crippen LogP contribution in [0, 0.1) is 0 Å². The molecule has 0 saturated carbocycles. The highest BCUT2D eigenvalue weighted by atomic mass is 32.2. The van der Waals surface area contributed by atoms with Crippen molar-refractivity contribution in [3.8, 4) is 0 Å². The molecule has 1 amide bonds. The van der Waals surface area contributed by atoms with Gasteiger partial charge >= 0.3 is 0 Å². The van der Waals surface area contributed by atoms with Crippen molar-refractivity contribution in [2.45, 2.75) is 17.9 Å². The van der Waals surface area contributed by atoms with Gasteiger partial charge < -0.3 is 5.32 Å². The molecule has 22 heavy (non-hydrogen) atoms. The highest BCUT2D eigenvalue weighted by molar-refractivity contribution is 7.89. The zero-order valence-corrected chi connectivity index (χ0v) is 13.0. The predicted octanol–water partition coefficient (Wildman–Crippen LogP) is 1.84. The molecule has 0 saturated heterocycles. The minimum atomic E-state index is -3.67. The number of sulfonamides is 1. The van der Waals surface area contributed by atoms with Crippen molar-refractivity contribution < 1.29 is 13.2 Å². The number of hydrogen-bond acceptors (Lipinski definition) is 3. The molecule has 116 valence electrons. The van der Waals surface area contributed by atoms with Crippen molar-refractivity contribution in [1.29, 1.82) is 0 Å². The maximum Gasteiger partial charge on any atom is 0.241 e. The van der Waals surface area contributed by atoms with E-state index < -0.39 is 10.0 Å². The molecule has 2 aromatic carbocycles. The zero-order valence-electron chi connectivity index (χ0n) is 12.2. The molecule has 0 spiro atoms. The van der Waals surface area contributed by atoms with Crippen LogP contribution < -0.4 is 10.0 Å². The van der Waals surface area contributed by atoms with Crippen molar-refractivity contribution in [3.05, 3.63) is 66.2 Å². The first kappa shape index (κ1) is 16.2. The Kier molecular flexibility index (Phi) is 5.30. The van der Waals surface area contributed by atoms with Gasteiger partial charge in [-0.2, -0.15) is 0 Å². The van der Waals surface area contributed by atoms with Gasteiger partial charge in [0.05, 0.1) is 17.5 Å². The predicted molar refractivity (Wildman–Crippen MR) is 84.6 cm³/mol. The van der Waals surface area contributed by atoms with E-state index in [0.29, 0.717) is 0 Å². The molecule has 6 heteroatoms. The maximum absolute atomic E-state index is 12.0. The first-order chi connectivity index (χ1) is 10.5. The molecule has 1 atom stereocenters. The fourth-order valence-corrected chi connectivity index (χ4v) is 2.96. The SMILES string of the molecule is C[C@@H](NC(=O)CNS(=O)(=O)c1ccccc1)c1ccccc1. The zero-order chi connectivity index (χ0) is 16.0. The summed E-state index contributed by atoms with van der Waals surface area (Å²) in [5, 5.41) is 2.75. The smallest absolute Gasteiger partial charge is 0.241 e. The molecule has 0 aliphatic rings. The number of rotatable bonds is 6. The van der Waals surface area contributed by atoms with Gasteiger partial charge in [-0.1, -0.05) is 48.5 Å². The lowest BCUT2D eigenvalue weighted by atomic mass is 10.1. The lowest BCUT2D eigenvalue weighted by Gasteiger charge is -2.14. The minimum Gasteiger partial charge on any atom is -0.348 e. The van der Waals surface area contributed by atoms with E-state index in [1.165, 1.54) is 12.1 Å². The van der Waals surface area contributed by atoms with Crippen LogP contribution in [0.3, 0.4) is 0 Å². The molecular weight excluding hydrogens is 300 g/mol. The first-order valence-electron chi connectivity index (χ1n) is 6.88. The molecule has 0 unspecified atom stereocenters. The normalized spacial score (nSPS) is 12.6. The van der Waals surface area contributed by atoms with E-state index in [-0.39, 0.29) is 23.4 Å². The summed E-state index contributed by atoms with van der Waals surface area (Å²) in [6, 6.07) is 17.2. The highest BCUT2D eigenvalue weighted by Gasteiger charge is 2.16. The minimum absolute atomic E-state index is 0.138. The quantitative estimate of drug-likeness (QED) is 0.853. The van der Waals surface area contributed by atoms with Crippen molar-refractivity contribution in [2.75, 3.05) is 6.54 Å². The van der Waals surface area contributed by atoms with Crippen molar-refractivity contribution in [3.63, 3.8) is 0 Å². The van der Waals surface area contributed by atoms with Gasteiger partial charge in [0, 0.05) is 0 Å². The molecule has 0 heterocycles. The number of carbonyl (C=O) groups excluding carboxylic acids is 1. The van der Waals surface area contributed by atoms with Crippen molar-refractivity contribution in [2.24, 2.45) is 0 Å². The molecule has 0 radical (unpaired) electrons. The summed E-state index contributed by atoms with van der Waals surface area (Å²) in [7, 11) is -3.67. The van der Waals surface area contributed by atoms with Crippen LogP contribution in [0.25, 0.3) is 0 Å². The standard InChI is InChI=1S/C16H18N2O3S/c1-13(14-8-4-2-5-9-14)18-16(19)12-17-22(20,21)15-10-6-3-7-11-15/h2-11,13,17H,12H2,1H3,(H,18,19)/t13-/m1/s1. The summed E-state index contributed by atoms with van der Waals surface area (Å²) >= 11 is 0. The third-order valence-corrected chi connectivity index (χ3v) is 4.57. The van der Waals surface area contributed by atoms with Crippen LogP contribution in [-0.2, 0) is 14.8 Å². The third kappa shape index (κ3) is 4.41. The Balaban J connectivity index is 1.91. The van der Waals surface area contributed by atoms with E-state index in [4.69, 9.17) is 0 Å². The number of nitrogens with one attached hydrogen (secondary N) is 2. The van der Waals surface area contributed by atoms with Gasteiger partial charge in [0.15, 0.2) is 0 Å². The van der Waals surface area contributed by atoms with E-state index in [9.17, 15) is 13.2 Å². The van der Waals surface area contributed by atoms with E-state index in [2.05, 4.69) is 10.0 Å². The molecule has 2 rings (SSSR count). The fraction of sp³-hybridized carbons (Fsp3) is 0.188. The van der Waals surface area contributed by atoms with E-state index >= 15 is 0 Å². The van der Waals surface area contributed by atoms with Crippen molar-refractivity contribution >= 4 is 15.9 Å². The second-order valence-electron chi connectivity index (χ2n) is 4.84. The fourth-order valence-electron chi connectivity index (χ4n) is 1.96. The molecule has 0 aromatic heterocycles. The second-order valence-corrected chi connectivity index (χ2v) is 6.60. The van der Waals surface area contributed by atoms with E-state index in [0.717, 1.165) is 5.56 Å². The van der Waals surface area contributed by atoms with Gasteiger partial charge in [-0.3, -0.25) is 4.79 Å². The van der Waals surface area contributed by atoms with E-state index in [1.54, 1.807) is 18.2 Å². The molecule has 0 aliphatic heterocycles. The highest BCUT2D eigenvalue weighted by Crippen LogP contribution is 2.11. The Bertz CT molecular complexity index is 716. The van der Waals surface area contributed by atoms with Crippen LogP contribution in [0.1, 0.15) is 18.5 Å². The lowest BCUT2D eigenvalue weighted by molar-refractivity contribution is -0.120. The van der Waals surface area contributed by atoms with Crippen molar-refractivity contribution in [1.82, 2.24) is 10.0 Å². The molecule has 2 N–H and O–H groups in total.